The molecule has 15 heavy (non-hydrogen) atoms. The van der Waals surface area contributed by atoms with Crippen LogP contribution in [0.15, 0.2) is 6.20 Å². The lowest BCUT2D eigenvalue weighted by atomic mass is 10.4. The van der Waals surface area contributed by atoms with Gasteiger partial charge in [-0.2, -0.15) is 5.10 Å². The van der Waals surface area contributed by atoms with Gasteiger partial charge in [0.1, 0.15) is 5.82 Å². The van der Waals surface area contributed by atoms with E-state index in [9.17, 15) is 4.79 Å². The number of nitrogen functional groups attached to an aromatic ring is 1. The van der Waals surface area contributed by atoms with E-state index in [0.29, 0.717) is 12.2 Å². The third kappa shape index (κ3) is 2.11. The van der Waals surface area contributed by atoms with E-state index >= 15 is 0 Å². The van der Waals surface area contributed by atoms with Crippen LogP contribution in [0.5, 0.6) is 0 Å². The number of nitrogens with zero attached hydrogens (tertiary/aromatic N) is 3. The Hall–Kier alpha value is -1.52. The number of hydrogen-bond acceptors (Lipinski definition) is 3. The van der Waals surface area contributed by atoms with Crippen molar-refractivity contribution < 1.29 is 4.79 Å². The molecule has 82 valence electrons. The highest BCUT2D eigenvalue weighted by Gasteiger charge is 2.19. The maximum absolute atomic E-state index is 11.3. The van der Waals surface area contributed by atoms with Crippen molar-refractivity contribution in [3.63, 3.8) is 0 Å². The molecule has 1 aromatic rings. The van der Waals surface area contributed by atoms with Crippen molar-refractivity contribution in [1.29, 1.82) is 0 Å². The molecule has 2 rings (SSSR count). The lowest BCUT2D eigenvalue weighted by molar-refractivity contribution is -0.127. The van der Waals surface area contributed by atoms with Crippen molar-refractivity contribution in [2.75, 3.05) is 18.8 Å². The maximum atomic E-state index is 11.3. The van der Waals surface area contributed by atoms with Crippen molar-refractivity contribution in [1.82, 2.24) is 14.7 Å². The fraction of sp³-hybridized carbons (Fsp3) is 0.600. The van der Waals surface area contributed by atoms with Gasteiger partial charge in [0.2, 0.25) is 5.91 Å². The summed E-state index contributed by atoms with van der Waals surface area (Å²) in [7, 11) is 0. The molecule has 0 spiro atoms. The van der Waals surface area contributed by atoms with Crippen LogP contribution in [0.2, 0.25) is 0 Å². The minimum absolute atomic E-state index is 0.256. The molecule has 0 bridgehead atoms. The summed E-state index contributed by atoms with van der Waals surface area (Å²) in [5.41, 5.74) is 6.63. The van der Waals surface area contributed by atoms with Crippen molar-refractivity contribution >= 4 is 11.7 Å². The predicted octanol–water partition coefficient (Wildman–Crippen LogP) is 0.396. The van der Waals surface area contributed by atoms with Gasteiger partial charge in [0.15, 0.2) is 0 Å². The Morgan fingerprint density at radius 2 is 2.33 bits per heavy atom. The Kier molecular flexibility index (Phi) is 2.62. The number of nitrogens with two attached hydrogens (primary N) is 1. The molecule has 2 heterocycles. The first kappa shape index (κ1) is 10.0. The molecule has 2 N–H and O–H groups in total. The van der Waals surface area contributed by atoms with E-state index < -0.39 is 0 Å². The molecule has 1 saturated heterocycles. The van der Waals surface area contributed by atoms with Crippen molar-refractivity contribution in [3.05, 3.63) is 11.8 Å². The summed E-state index contributed by atoms with van der Waals surface area (Å²) in [6.07, 6.45) is 3.59. The predicted molar refractivity (Wildman–Crippen MR) is 57.2 cm³/mol. The maximum Gasteiger partial charge on any atom is 0.222 e. The van der Waals surface area contributed by atoms with Crippen LogP contribution in [0, 0.1) is 6.92 Å². The van der Waals surface area contributed by atoms with Crippen molar-refractivity contribution in [2.45, 2.75) is 26.3 Å². The lowest BCUT2D eigenvalue weighted by Crippen LogP contribution is -2.28. The van der Waals surface area contributed by atoms with Crippen LogP contribution >= 0.6 is 0 Å². The highest BCUT2D eigenvalue weighted by atomic mass is 16.2. The molecule has 1 fully saturated rings. The molecule has 0 aromatic carbocycles. The Labute approximate surface area is 88.8 Å². The number of carbonyl (C=O) groups is 1. The van der Waals surface area contributed by atoms with E-state index in [1.165, 1.54) is 0 Å². The largest absolute Gasteiger partial charge is 0.382 e. The second-order valence-electron chi connectivity index (χ2n) is 3.94. The zero-order chi connectivity index (χ0) is 10.8. The van der Waals surface area contributed by atoms with Crippen LogP contribution in [0.3, 0.4) is 0 Å². The molecule has 1 aromatic heterocycles. The Morgan fingerprint density at radius 3 is 2.87 bits per heavy atom. The summed E-state index contributed by atoms with van der Waals surface area (Å²) in [6.45, 7) is 4.28. The van der Waals surface area contributed by atoms with E-state index in [1.54, 1.807) is 4.68 Å². The summed E-state index contributed by atoms with van der Waals surface area (Å²) >= 11 is 0. The van der Waals surface area contributed by atoms with Crippen LogP contribution in [0.4, 0.5) is 5.82 Å². The second kappa shape index (κ2) is 3.92. The fourth-order valence-electron chi connectivity index (χ4n) is 1.81. The Balaban J connectivity index is 1.90. The molecular formula is C10H16N4O. The smallest absolute Gasteiger partial charge is 0.222 e. The van der Waals surface area contributed by atoms with Crippen molar-refractivity contribution in [2.24, 2.45) is 0 Å². The first-order valence-corrected chi connectivity index (χ1v) is 5.24. The zero-order valence-electron chi connectivity index (χ0n) is 8.94. The minimum atomic E-state index is 0.256. The fourth-order valence-corrected chi connectivity index (χ4v) is 1.81. The number of anilines is 1. The van der Waals surface area contributed by atoms with E-state index in [1.807, 2.05) is 18.0 Å². The standard InChI is InChI=1S/C10H16N4O/c1-8-7-14(12-10(8)11)6-5-13-4-2-3-9(13)15/h7H,2-6H2,1H3,(H2,11,12). The molecule has 0 radical (unpaired) electrons. The molecule has 1 amide bonds. The molecule has 5 heteroatoms. The van der Waals surface area contributed by atoms with Crippen LogP contribution in [0.1, 0.15) is 18.4 Å². The molecule has 1 aliphatic rings. The summed E-state index contributed by atoms with van der Waals surface area (Å²) < 4.78 is 1.80. The number of hydrogen-bond donors (Lipinski definition) is 1. The lowest BCUT2D eigenvalue weighted by Gasteiger charge is -2.14. The van der Waals surface area contributed by atoms with Gasteiger partial charge in [-0.15, -0.1) is 0 Å². The summed E-state index contributed by atoms with van der Waals surface area (Å²) in [4.78, 5) is 13.2. The third-order valence-electron chi connectivity index (χ3n) is 2.75. The topological polar surface area (TPSA) is 64.2 Å². The summed E-state index contributed by atoms with van der Waals surface area (Å²) in [6, 6.07) is 0. The first-order chi connectivity index (χ1) is 7.16. The summed E-state index contributed by atoms with van der Waals surface area (Å²) in [5, 5.41) is 4.15. The van der Waals surface area contributed by atoms with Crippen LogP contribution in [-0.2, 0) is 11.3 Å². The number of likely N-dealkylation sites (tertiary alicyclic amines) is 1. The van der Waals surface area contributed by atoms with Gasteiger partial charge < -0.3 is 10.6 Å². The van der Waals surface area contributed by atoms with E-state index in [-0.39, 0.29) is 5.91 Å². The zero-order valence-corrected chi connectivity index (χ0v) is 8.94. The van der Waals surface area contributed by atoms with Crippen molar-refractivity contribution in [3.8, 4) is 0 Å². The molecule has 5 nitrogen and oxygen atoms in total. The molecule has 0 unspecified atom stereocenters. The van der Waals surface area contributed by atoms with Gasteiger partial charge in [-0.05, 0) is 13.3 Å². The molecule has 0 saturated carbocycles. The molecule has 0 aliphatic carbocycles. The highest BCUT2D eigenvalue weighted by molar-refractivity contribution is 5.77. The van der Waals surface area contributed by atoms with Crippen LogP contribution in [-0.4, -0.2) is 33.7 Å². The number of aromatic nitrogens is 2. The molecular weight excluding hydrogens is 192 g/mol. The highest BCUT2D eigenvalue weighted by Crippen LogP contribution is 2.10. The van der Waals surface area contributed by atoms with E-state index in [0.717, 1.165) is 31.6 Å². The normalized spacial score (nSPS) is 16.3. The van der Waals surface area contributed by atoms with Crippen LogP contribution < -0.4 is 5.73 Å². The van der Waals surface area contributed by atoms with Gasteiger partial charge in [-0.3, -0.25) is 9.48 Å². The number of rotatable bonds is 3. The van der Waals surface area contributed by atoms with E-state index in [4.69, 9.17) is 5.73 Å². The van der Waals surface area contributed by atoms with Gasteiger partial charge in [-0.1, -0.05) is 0 Å². The average molecular weight is 208 g/mol. The molecule has 1 aliphatic heterocycles. The van der Waals surface area contributed by atoms with E-state index in [2.05, 4.69) is 5.10 Å². The molecule has 0 atom stereocenters. The SMILES string of the molecule is Cc1cn(CCN2CCCC2=O)nc1N. The number of amides is 1. The number of aryl methyl sites for hydroxylation is 1. The summed E-state index contributed by atoms with van der Waals surface area (Å²) in [5.74, 6) is 0.828. The number of carbonyl (C=O) groups excluding carboxylic acids is 1. The van der Waals surface area contributed by atoms with Gasteiger partial charge in [0.25, 0.3) is 0 Å². The Bertz CT molecular complexity index is 352. The average Bonchev–Trinajstić information content (AvgIpc) is 2.72. The second-order valence-corrected chi connectivity index (χ2v) is 3.94. The first-order valence-electron chi connectivity index (χ1n) is 5.24. The minimum Gasteiger partial charge on any atom is -0.382 e. The quantitative estimate of drug-likeness (QED) is 0.781. The third-order valence-corrected chi connectivity index (χ3v) is 2.75. The monoisotopic (exact) mass is 208 g/mol. The van der Waals surface area contributed by atoms with Gasteiger partial charge >= 0.3 is 0 Å². The van der Waals surface area contributed by atoms with Gasteiger partial charge in [-0.25, -0.2) is 0 Å². The Morgan fingerprint density at radius 1 is 1.53 bits per heavy atom. The van der Waals surface area contributed by atoms with Gasteiger partial charge in [0.05, 0.1) is 6.54 Å². The van der Waals surface area contributed by atoms with Gasteiger partial charge in [0, 0.05) is 31.3 Å². The van der Waals surface area contributed by atoms with Crippen LogP contribution in [0.25, 0.3) is 0 Å².